The fourth-order valence-corrected chi connectivity index (χ4v) is 4.47. The van der Waals surface area contributed by atoms with Crippen molar-refractivity contribution in [3.8, 4) is 11.6 Å². The van der Waals surface area contributed by atoms with E-state index in [9.17, 15) is 4.79 Å². The highest BCUT2D eigenvalue weighted by molar-refractivity contribution is 7.99. The molecule has 2 unspecified atom stereocenters. The number of nitrogens with zero attached hydrogens (tertiary/aromatic N) is 4. The Bertz CT molecular complexity index is 728. The summed E-state index contributed by atoms with van der Waals surface area (Å²) in [5.41, 5.74) is 0. The van der Waals surface area contributed by atoms with Gasteiger partial charge in [-0.2, -0.15) is 0 Å². The molecule has 3 heterocycles. The number of fused-ring (bicyclic) bond motifs is 1. The molecule has 0 spiro atoms. The number of amides is 1. The fourth-order valence-electron chi connectivity index (χ4n) is 3.68. The van der Waals surface area contributed by atoms with Gasteiger partial charge in [-0.1, -0.05) is 24.6 Å². The van der Waals surface area contributed by atoms with E-state index in [1.165, 1.54) is 24.6 Å². The molecule has 2 atom stereocenters. The molecule has 25 heavy (non-hydrogen) atoms. The topological polar surface area (TPSA) is 73.4 Å². The summed E-state index contributed by atoms with van der Waals surface area (Å²) in [5.74, 6) is 1.87. The molecule has 1 saturated heterocycles. The Morgan fingerprint density at radius 1 is 1.36 bits per heavy atom. The molecule has 2 aliphatic rings. The van der Waals surface area contributed by atoms with Crippen LogP contribution in [0.4, 0.5) is 0 Å². The summed E-state index contributed by atoms with van der Waals surface area (Å²) >= 11 is 1.42. The lowest BCUT2D eigenvalue weighted by atomic mass is 9.90. The van der Waals surface area contributed by atoms with Crippen molar-refractivity contribution in [2.45, 2.75) is 43.0 Å². The Morgan fingerprint density at radius 2 is 2.24 bits per heavy atom. The smallest absolute Gasteiger partial charge is 0.233 e. The summed E-state index contributed by atoms with van der Waals surface area (Å²) in [7, 11) is 1.89. The van der Waals surface area contributed by atoms with E-state index in [0.717, 1.165) is 12.8 Å². The Morgan fingerprint density at radius 3 is 3.08 bits per heavy atom. The van der Waals surface area contributed by atoms with Crippen molar-refractivity contribution in [2.24, 2.45) is 7.05 Å². The Hall–Kier alpha value is -1.80. The van der Waals surface area contributed by atoms with Gasteiger partial charge in [0.2, 0.25) is 5.91 Å². The van der Waals surface area contributed by atoms with Crippen LogP contribution >= 0.6 is 11.8 Å². The molecular weight excluding hydrogens is 340 g/mol. The molecular formula is C17H22N4O3S. The van der Waals surface area contributed by atoms with Crippen LogP contribution in [0.2, 0.25) is 0 Å². The fraction of sp³-hybridized carbons (Fsp3) is 0.588. The molecule has 0 N–H and O–H groups in total. The largest absolute Gasteiger partial charge is 0.461 e. The van der Waals surface area contributed by atoms with Gasteiger partial charge in [0.15, 0.2) is 16.7 Å². The molecule has 1 aliphatic heterocycles. The number of furan rings is 1. The number of morpholine rings is 1. The molecule has 8 heteroatoms. The van der Waals surface area contributed by atoms with Crippen LogP contribution in [0, 0.1) is 0 Å². The standard InChI is InChI=1S/C17H22N4O3S/c1-20-16(14-7-4-9-23-14)18-19-17(20)25-11-15(22)21-8-10-24-13-6-3-2-5-12(13)21/h4,7,9,12-13H,2-3,5-6,8,10-11H2,1H3. The van der Waals surface area contributed by atoms with Crippen LogP contribution in [-0.2, 0) is 16.6 Å². The second-order valence-corrected chi connectivity index (χ2v) is 7.42. The molecule has 0 bridgehead atoms. The van der Waals surface area contributed by atoms with E-state index in [2.05, 4.69) is 10.2 Å². The van der Waals surface area contributed by atoms with Gasteiger partial charge in [-0.3, -0.25) is 4.79 Å². The van der Waals surface area contributed by atoms with Crippen molar-refractivity contribution in [3.05, 3.63) is 18.4 Å². The molecule has 134 valence electrons. The zero-order valence-electron chi connectivity index (χ0n) is 14.3. The molecule has 4 rings (SSSR count). The van der Waals surface area contributed by atoms with E-state index in [1.54, 1.807) is 6.26 Å². The quantitative estimate of drug-likeness (QED) is 0.777. The monoisotopic (exact) mass is 362 g/mol. The normalized spacial score (nSPS) is 23.5. The van der Waals surface area contributed by atoms with Gasteiger partial charge in [-0.15, -0.1) is 10.2 Å². The van der Waals surface area contributed by atoms with Gasteiger partial charge in [-0.05, 0) is 25.0 Å². The maximum atomic E-state index is 12.7. The minimum atomic E-state index is 0.160. The third-order valence-corrected chi connectivity index (χ3v) is 5.96. The van der Waals surface area contributed by atoms with Gasteiger partial charge in [0.1, 0.15) is 0 Å². The van der Waals surface area contributed by atoms with Gasteiger partial charge in [0.05, 0.1) is 30.8 Å². The molecule has 0 radical (unpaired) electrons. The van der Waals surface area contributed by atoms with Crippen molar-refractivity contribution in [1.29, 1.82) is 0 Å². The number of thioether (sulfide) groups is 1. The van der Waals surface area contributed by atoms with Crippen molar-refractivity contribution in [2.75, 3.05) is 18.9 Å². The van der Waals surface area contributed by atoms with Crippen LogP contribution < -0.4 is 0 Å². The van der Waals surface area contributed by atoms with Gasteiger partial charge < -0.3 is 18.6 Å². The lowest BCUT2D eigenvalue weighted by Crippen LogP contribution is -2.55. The second-order valence-electron chi connectivity index (χ2n) is 6.48. The van der Waals surface area contributed by atoms with Gasteiger partial charge in [-0.25, -0.2) is 0 Å². The first-order valence-electron chi connectivity index (χ1n) is 8.71. The molecule has 0 aromatic carbocycles. The Kier molecular flexibility index (Phi) is 4.80. The van der Waals surface area contributed by atoms with E-state index < -0.39 is 0 Å². The van der Waals surface area contributed by atoms with E-state index in [1.807, 2.05) is 28.6 Å². The van der Waals surface area contributed by atoms with Crippen LogP contribution in [-0.4, -0.2) is 56.6 Å². The number of hydrogen-bond acceptors (Lipinski definition) is 6. The highest BCUT2D eigenvalue weighted by Gasteiger charge is 2.36. The van der Waals surface area contributed by atoms with E-state index in [-0.39, 0.29) is 18.1 Å². The van der Waals surface area contributed by atoms with Crippen molar-refractivity contribution < 1.29 is 13.9 Å². The summed E-state index contributed by atoms with van der Waals surface area (Å²) < 4.78 is 13.1. The predicted molar refractivity (Wildman–Crippen MR) is 93.1 cm³/mol. The average Bonchev–Trinajstić information content (AvgIpc) is 3.29. The first-order valence-corrected chi connectivity index (χ1v) is 9.70. The summed E-state index contributed by atoms with van der Waals surface area (Å²) in [5, 5.41) is 9.07. The van der Waals surface area contributed by atoms with Crippen LogP contribution in [0.5, 0.6) is 0 Å². The lowest BCUT2D eigenvalue weighted by Gasteiger charge is -2.43. The molecule has 1 aliphatic carbocycles. The first kappa shape index (κ1) is 16.7. The van der Waals surface area contributed by atoms with Gasteiger partial charge in [0.25, 0.3) is 0 Å². The summed E-state index contributed by atoms with van der Waals surface area (Å²) in [6, 6.07) is 3.91. The Labute approximate surface area is 150 Å². The Balaban J connectivity index is 1.40. The van der Waals surface area contributed by atoms with Crippen molar-refractivity contribution in [1.82, 2.24) is 19.7 Å². The zero-order chi connectivity index (χ0) is 17.2. The molecule has 2 fully saturated rings. The summed E-state index contributed by atoms with van der Waals surface area (Å²) in [4.78, 5) is 14.8. The highest BCUT2D eigenvalue weighted by Crippen LogP contribution is 2.29. The molecule has 1 amide bonds. The van der Waals surface area contributed by atoms with Crippen molar-refractivity contribution in [3.63, 3.8) is 0 Å². The highest BCUT2D eigenvalue weighted by atomic mass is 32.2. The average molecular weight is 362 g/mol. The van der Waals surface area contributed by atoms with E-state index in [4.69, 9.17) is 9.15 Å². The SMILES string of the molecule is Cn1c(SCC(=O)N2CCOC3CCCCC32)nnc1-c1ccco1. The number of carbonyl (C=O) groups is 1. The number of rotatable bonds is 4. The van der Waals surface area contributed by atoms with E-state index >= 15 is 0 Å². The van der Waals surface area contributed by atoms with Crippen LogP contribution in [0.3, 0.4) is 0 Å². The summed E-state index contributed by atoms with van der Waals surface area (Å²) in [6.45, 7) is 1.33. The molecule has 2 aromatic rings. The van der Waals surface area contributed by atoms with Crippen LogP contribution in [0.15, 0.2) is 28.0 Å². The number of ether oxygens (including phenoxy) is 1. The maximum absolute atomic E-state index is 12.7. The van der Waals surface area contributed by atoms with Crippen LogP contribution in [0.1, 0.15) is 25.7 Å². The second kappa shape index (κ2) is 7.21. The third-order valence-electron chi connectivity index (χ3n) is 4.95. The summed E-state index contributed by atoms with van der Waals surface area (Å²) in [6.07, 6.45) is 6.32. The minimum absolute atomic E-state index is 0.160. The predicted octanol–water partition coefficient (Wildman–Crippen LogP) is 2.34. The zero-order valence-corrected chi connectivity index (χ0v) is 15.1. The molecule has 1 saturated carbocycles. The first-order chi connectivity index (χ1) is 12.2. The number of hydrogen-bond donors (Lipinski definition) is 0. The number of aromatic nitrogens is 3. The van der Waals surface area contributed by atoms with E-state index in [0.29, 0.717) is 35.6 Å². The minimum Gasteiger partial charge on any atom is -0.461 e. The maximum Gasteiger partial charge on any atom is 0.233 e. The lowest BCUT2D eigenvalue weighted by molar-refractivity contribution is -0.146. The number of carbonyl (C=O) groups excluding carboxylic acids is 1. The van der Waals surface area contributed by atoms with Crippen molar-refractivity contribution >= 4 is 17.7 Å². The van der Waals surface area contributed by atoms with Gasteiger partial charge in [0, 0.05) is 13.6 Å². The molecule has 7 nitrogen and oxygen atoms in total. The van der Waals surface area contributed by atoms with Crippen LogP contribution in [0.25, 0.3) is 11.6 Å². The van der Waals surface area contributed by atoms with Gasteiger partial charge >= 0.3 is 0 Å². The molecule has 2 aromatic heterocycles. The third kappa shape index (κ3) is 3.32.